The zero-order valence-corrected chi connectivity index (χ0v) is 12.0. The third-order valence-corrected chi connectivity index (χ3v) is 3.49. The molecule has 0 spiro atoms. The number of hydrogen-bond donors (Lipinski definition) is 2. The number of nitrogens with one attached hydrogen (secondary N) is 1. The van der Waals surface area contributed by atoms with Crippen molar-refractivity contribution in [3.63, 3.8) is 0 Å². The lowest BCUT2D eigenvalue weighted by atomic mass is 10.1. The molecule has 1 heterocycles. The van der Waals surface area contributed by atoms with E-state index in [0.29, 0.717) is 16.9 Å². The largest absolute Gasteiger partial charge is 0.397 e. The first-order valence-corrected chi connectivity index (χ1v) is 6.80. The third kappa shape index (κ3) is 2.32. The lowest BCUT2D eigenvalue weighted by Gasteiger charge is -2.11. The monoisotopic (exact) mass is 331 g/mol. The number of benzene rings is 2. The highest BCUT2D eigenvalue weighted by molar-refractivity contribution is 9.10. The Hall–Kier alpha value is -2.14. The zero-order chi connectivity index (χ0) is 14.1. The fourth-order valence-corrected chi connectivity index (χ4v) is 2.40. The van der Waals surface area contributed by atoms with Crippen molar-refractivity contribution in [1.82, 2.24) is 4.98 Å². The molecule has 20 heavy (non-hydrogen) atoms. The first kappa shape index (κ1) is 12.9. The van der Waals surface area contributed by atoms with Crippen LogP contribution in [0.1, 0.15) is 0 Å². The van der Waals surface area contributed by atoms with Crippen LogP contribution in [-0.4, -0.2) is 4.98 Å². The average Bonchev–Trinajstić information content (AvgIpc) is 2.46. The molecule has 100 valence electrons. The number of fused-ring (bicyclic) bond motifs is 1. The van der Waals surface area contributed by atoms with Crippen LogP contribution in [0, 0.1) is 5.82 Å². The maximum absolute atomic E-state index is 13.8. The van der Waals surface area contributed by atoms with E-state index in [2.05, 4.69) is 26.2 Å². The number of rotatable bonds is 2. The Morgan fingerprint density at radius 3 is 2.80 bits per heavy atom. The summed E-state index contributed by atoms with van der Waals surface area (Å²) in [5.74, 6) is -0.318. The van der Waals surface area contributed by atoms with E-state index in [1.165, 1.54) is 6.07 Å². The molecule has 0 radical (unpaired) electrons. The number of nitrogen functional groups attached to an aromatic ring is 1. The molecule has 0 amide bonds. The van der Waals surface area contributed by atoms with Crippen LogP contribution in [0.5, 0.6) is 0 Å². The fourth-order valence-electron chi connectivity index (χ4n) is 2.04. The van der Waals surface area contributed by atoms with Gasteiger partial charge in [0.1, 0.15) is 5.82 Å². The fraction of sp³-hybridized carbons (Fsp3) is 0. The molecule has 0 aliphatic heterocycles. The molecule has 0 saturated carbocycles. The van der Waals surface area contributed by atoms with E-state index in [0.717, 1.165) is 15.5 Å². The van der Waals surface area contributed by atoms with Crippen LogP contribution in [0.15, 0.2) is 53.1 Å². The first-order chi connectivity index (χ1) is 9.65. The summed E-state index contributed by atoms with van der Waals surface area (Å²) < 4.78 is 14.6. The number of nitrogens with two attached hydrogens (primary N) is 1. The summed E-state index contributed by atoms with van der Waals surface area (Å²) in [4.78, 5) is 4.25. The Bertz CT molecular complexity index is 789. The van der Waals surface area contributed by atoms with Gasteiger partial charge in [-0.2, -0.15) is 0 Å². The van der Waals surface area contributed by atoms with Crippen LogP contribution in [0.2, 0.25) is 0 Å². The van der Waals surface area contributed by atoms with Gasteiger partial charge in [-0.3, -0.25) is 4.98 Å². The predicted octanol–water partition coefficient (Wildman–Crippen LogP) is 4.46. The van der Waals surface area contributed by atoms with Crippen molar-refractivity contribution in [2.75, 3.05) is 11.1 Å². The van der Waals surface area contributed by atoms with Crippen LogP contribution in [0.25, 0.3) is 10.9 Å². The molecule has 0 aliphatic rings. The molecule has 0 fully saturated rings. The van der Waals surface area contributed by atoms with Gasteiger partial charge in [0.2, 0.25) is 0 Å². The Labute approximate surface area is 123 Å². The highest BCUT2D eigenvalue weighted by Gasteiger charge is 2.08. The number of nitrogens with zero attached hydrogens (tertiary/aromatic N) is 1. The highest BCUT2D eigenvalue weighted by atomic mass is 79.9. The summed E-state index contributed by atoms with van der Waals surface area (Å²) in [7, 11) is 0. The Balaban J connectivity index is 2.11. The Morgan fingerprint density at radius 2 is 1.95 bits per heavy atom. The van der Waals surface area contributed by atoms with Crippen LogP contribution in [0.3, 0.4) is 0 Å². The summed E-state index contributed by atoms with van der Waals surface area (Å²) >= 11 is 3.33. The van der Waals surface area contributed by atoms with E-state index in [9.17, 15) is 4.39 Å². The van der Waals surface area contributed by atoms with Crippen LogP contribution in [0.4, 0.5) is 21.5 Å². The number of aromatic nitrogens is 1. The molecule has 3 rings (SSSR count). The van der Waals surface area contributed by atoms with E-state index < -0.39 is 0 Å². The van der Waals surface area contributed by atoms with Crippen molar-refractivity contribution in [1.29, 1.82) is 0 Å². The topological polar surface area (TPSA) is 50.9 Å². The van der Waals surface area contributed by atoms with Crippen LogP contribution < -0.4 is 11.1 Å². The van der Waals surface area contributed by atoms with Crippen molar-refractivity contribution in [2.24, 2.45) is 0 Å². The summed E-state index contributed by atoms with van der Waals surface area (Å²) in [6.45, 7) is 0. The van der Waals surface area contributed by atoms with Crippen LogP contribution in [-0.2, 0) is 0 Å². The van der Waals surface area contributed by atoms with Crippen molar-refractivity contribution in [3.8, 4) is 0 Å². The normalized spacial score (nSPS) is 10.7. The minimum atomic E-state index is -0.318. The second-order valence-corrected chi connectivity index (χ2v) is 5.27. The molecule has 3 aromatic rings. The summed E-state index contributed by atoms with van der Waals surface area (Å²) in [5.41, 5.74) is 8.36. The van der Waals surface area contributed by atoms with E-state index in [1.54, 1.807) is 24.4 Å². The summed E-state index contributed by atoms with van der Waals surface area (Å²) in [6.07, 6.45) is 1.68. The average molecular weight is 332 g/mol. The minimum Gasteiger partial charge on any atom is -0.397 e. The van der Waals surface area contributed by atoms with Crippen molar-refractivity contribution < 1.29 is 4.39 Å². The lowest BCUT2D eigenvalue weighted by molar-refractivity contribution is 0.631. The van der Waals surface area contributed by atoms with Gasteiger partial charge in [0.25, 0.3) is 0 Å². The molecule has 0 unspecified atom stereocenters. The molecule has 1 aromatic heterocycles. The standard InChI is InChI=1S/C15H11BrFN3/c16-9-3-4-11(17)14(8-9)20-13-6-5-12(18)15-10(13)2-1-7-19-15/h1-8,20H,18H2. The van der Waals surface area contributed by atoms with Crippen LogP contribution >= 0.6 is 15.9 Å². The van der Waals surface area contributed by atoms with Gasteiger partial charge in [-0.15, -0.1) is 0 Å². The van der Waals surface area contributed by atoms with Gasteiger partial charge < -0.3 is 11.1 Å². The molecular formula is C15H11BrFN3. The van der Waals surface area contributed by atoms with E-state index >= 15 is 0 Å². The maximum Gasteiger partial charge on any atom is 0.146 e. The molecule has 3 N–H and O–H groups in total. The number of pyridine rings is 1. The van der Waals surface area contributed by atoms with Gasteiger partial charge >= 0.3 is 0 Å². The lowest BCUT2D eigenvalue weighted by Crippen LogP contribution is -1.97. The number of halogens is 2. The Kier molecular flexibility index (Phi) is 3.28. The van der Waals surface area contributed by atoms with Crippen molar-refractivity contribution >= 4 is 43.9 Å². The van der Waals surface area contributed by atoms with Gasteiger partial charge in [0, 0.05) is 21.7 Å². The van der Waals surface area contributed by atoms with E-state index in [1.807, 2.05) is 18.2 Å². The maximum atomic E-state index is 13.8. The second kappa shape index (κ2) is 5.09. The smallest absolute Gasteiger partial charge is 0.146 e. The van der Waals surface area contributed by atoms with E-state index in [4.69, 9.17) is 5.73 Å². The van der Waals surface area contributed by atoms with Crippen molar-refractivity contribution in [2.45, 2.75) is 0 Å². The van der Waals surface area contributed by atoms with E-state index in [-0.39, 0.29) is 5.82 Å². The van der Waals surface area contributed by atoms with Gasteiger partial charge in [-0.05, 0) is 42.5 Å². The molecular weight excluding hydrogens is 321 g/mol. The second-order valence-electron chi connectivity index (χ2n) is 4.35. The predicted molar refractivity (Wildman–Crippen MR) is 83.5 cm³/mol. The molecule has 0 aliphatic carbocycles. The molecule has 5 heteroatoms. The molecule has 3 nitrogen and oxygen atoms in total. The summed E-state index contributed by atoms with van der Waals surface area (Å²) in [6, 6.07) is 12.1. The molecule has 0 saturated heterocycles. The Morgan fingerprint density at radius 1 is 1.10 bits per heavy atom. The highest BCUT2D eigenvalue weighted by Crippen LogP contribution is 2.30. The minimum absolute atomic E-state index is 0.318. The molecule has 0 bridgehead atoms. The SMILES string of the molecule is Nc1ccc(Nc2cc(Br)ccc2F)c2cccnc12. The van der Waals surface area contributed by atoms with Gasteiger partial charge in [0.05, 0.1) is 16.9 Å². The third-order valence-electron chi connectivity index (χ3n) is 3.00. The van der Waals surface area contributed by atoms with Gasteiger partial charge in [-0.25, -0.2) is 4.39 Å². The van der Waals surface area contributed by atoms with Gasteiger partial charge in [0.15, 0.2) is 0 Å². The molecule has 0 atom stereocenters. The zero-order valence-electron chi connectivity index (χ0n) is 10.4. The number of hydrogen-bond acceptors (Lipinski definition) is 3. The quantitative estimate of drug-likeness (QED) is 0.681. The first-order valence-electron chi connectivity index (χ1n) is 6.00. The summed E-state index contributed by atoms with van der Waals surface area (Å²) in [5, 5.41) is 3.94. The molecule has 2 aromatic carbocycles. The van der Waals surface area contributed by atoms with Crippen molar-refractivity contribution in [3.05, 3.63) is 59.0 Å². The van der Waals surface area contributed by atoms with Gasteiger partial charge in [-0.1, -0.05) is 15.9 Å². The number of anilines is 3.